The summed E-state index contributed by atoms with van der Waals surface area (Å²) >= 11 is 0. The highest BCUT2D eigenvalue weighted by Crippen LogP contribution is 2.22. The van der Waals surface area contributed by atoms with Crippen molar-refractivity contribution in [3.8, 4) is 0 Å². The molecule has 0 saturated heterocycles. The van der Waals surface area contributed by atoms with Crippen LogP contribution in [-0.4, -0.2) is 5.91 Å². The van der Waals surface area contributed by atoms with Gasteiger partial charge in [0.25, 0.3) is 5.91 Å². The maximum Gasteiger partial charge on any atom is 0.268 e. The Balaban J connectivity index is 2.31. The number of benzene rings is 1. The molecule has 0 aliphatic heterocycles. The Morgan fingerprint density at radius 2 is 1.81 bits per heavy atom. The van der Waals surface area contributed by atoms with Gasteiger partial charge in [-0.25, -0.2) is 10.4 Å². The van der Waals surface area contributed by atoms with Gasteiger partial charge in [0.05, 0.1) is 5.69 Å². The molecule has 0 radical (unpaired) electrons. The van der Waals surface area contributed by atoms with Crippen LogP contribution >= 0.6 is 0 Å². The van der Waals surface area contributed by atoms with Crippen molar-refractivity contribution < 1.29 is 9.36 Å². The normalized spacial score (nSPS) is 10.7. The number of nitrogen functional groups attached to an aromatic ring is 2. The maximum absolute atomic E-state index is 11.4. The molecule has 0 spiro atoms. The summed E-state index contributed by atoms with van der Waals surface area (Å²) in [6, 6.07) is 12.4. The van der Waals surface area contributed by atoms with Crippen molar-refractivity contribution >= 4 is 28.9 Å². The number of rotatable bonds is 4. The molecule has 0 bridgehead atoms. The first-order chi connectivity index (χ1) is 10.1. The molecular weight excluding hydrogens is 270 g/mol. The highest BCUT2D eigenvalue weighted by molar-refractivity contribution is 5.74. The fourth-order valence-corrected chi connectivity index (χ4v) is 1.67. The molecule has 0 unspecified atom stereocenters. The van der Waals surface area contributed by atoms with Crippen molar-refractivity contribution in [1.82, 2.24) is 5.43 Å². The fraction of sp³-hybridized carbons (Fsp3) is 0.0769. The third-order valence-corrected chi connectivity index (χ3v) is 2.77. The van der Waals surface area contributed by atoms with Crippen molar-refractivity contribution in [3.05, 3.63) is 42.5 Å². The van der Waals surface area contributed by atoms with E-state index in [0.29, 0.717) is 17.2 Å². The summed E-state index contributed by atoms with van der Waals surface area (Å²) in [4.78, 5) is 11.4. The van der Waals surface area contributed by atoms with E-state index in [2.05, 4.69) is 10.2 Å². The Morgan fingerprint density at radius 3 is 2.48 bits per heavy atom. The van der Waals surface area contributed by atoms with Crippen LogP contribution in [0.1, 0.15) is 0 Å². The largest absolute Gasteiger partial charge is 0.319 e. The van der Waals surface area contributed by atoms with Gasteiger partial charge in [-0.15, -0.1) is 5.11 Å². The van der Waals surface area contributed by atoms with E-state index in [4.69, 9.17) is 17.3 Å². The second-order valence-electron chi connectivity index (χ2n) is 4.22. The van der Waals surface area contributed by atoms with Crippen molar-refractivity contribution in [2.75, 3.05) is 11.5 Å². The Labute approximate surface area is 121 Å². The number of pyridine rings is 1. The minimum atomic E-state index is -0.421. The van der Waals surface area contributed by atoms with Crippen molar-refractivity contribution in [1.29, 1.82) is 0 Å². The van der Waals surface area contributed by atoms with Crippen LogP contribution in [0.4, 0.5) is 23.0 Å². The fourth-order valence-electron chi connectivity index (χ4n) is 1.67. The maximum atomic E-state index is 11.4. The molecule has 1 aromatic carbocycles. The first-order valence-electron chi connectivity index (χ1n) is 6.16. The predicted octanol–water partition coefficient (Wildman–Crippen LogP) is 0.544. The van der Waals surface area contributed by atoms with Crippen LogP contribution in [0.3, 0.4) is 0 Å². The number of nitrogens with zero attached hydrogens (tertiary/aromatic N) is 3. The van der Waals surface area contributed by atoms with Gasteiger partial charge in [0.1, 0.15) is 0 Å². The van der Waals surface area contributed by atoms with E-state index in [-0.39, 0.29) is 12.4 Å². The first-order valence-corrected chi connectivity index (χ1v) is 6.16. The molecule has 21 heavy (non-hydrogen) atoms. The molecule has 2 aromatic rings. The molecule has 7 N–H and O–H groups in total. The van der Waals surface area contributed by atoms with Gasteiger partial charge in [0.2, 0.25) is 11.6 Å². The lowest BCUT2D eigenvalue weighted by Crippen LogP contribution is -2.48. The van der Waals surface area contributed by atoms with Gasteiger partial charge in [0.15, 0.2) is 12.2 Å². The molecule has 1 aromatic heterocycles. The molecule has 8 heteroatoms. The number of hydrazine groups is 1. The number of hydrogen-bond donors (Lipinski definition) is 4. The second kappa shape index (κ2) is 6.44. The Hall–Kier alpha value is -3.00. The van der Waals surface area contributed by atoms with Crippen LogP contribution in [0.25, 0.3) is 0 Å². The highest BCUT2D eigenvalue weighted by Gasteiger charge is 2.15. The molecule has 0 atom stereocenters. The quantitative estimate of drug-likeness (QED) is 0.214. The minimum absolute atomic E-state index is 0.0944. The van der Waals surface area contributed by atoms with Crippen LogP contribution in [-0.2, 0) is 11.3 Å². The SMILES string of the molecule is NNC(=O)C[n+]1c(N)ccc(N=Nc2ccccc2)c1N. The van der Waals surface area contributed by atoms with E-state index in [1.54, 1.807) is 12.1 Å². The summed E-state index contributed by atoms with van der Waals surface area (Å²) < 4.78 is 1.40. The smallest absolute Gasteiger partial charge is 0.268 e. The van der Waals surface area contributed by atoms with E-state index in [1.165, 1.54) is 4.57 Å². The van der Waals surface area contributed by atoms with Crippen LogP contribution in [0, 0.1) is 0 Å². The standard InChI is InChI=1S/C13H15N7O/c14-11-7-6-10(13(15)20(11)8-12(21)17-16)19-18-9-4-2-1-3-5-9/h1-7H,8H2,(H6,14,15,16,17,18,19,21)/p+1. The summed E-state index contributed by atoms with van der Waals surface area (Å²) in [5, 5.41) is 8.14. The third-order valence-electron chi connectivity index (χ3n) is 2.77. The molecule has 1 heterocycles. The number of hydrogen-bond acceptors (Lipinski definition) is 6. The Bertz CT molecular complexity index is 670. The van der Waals surface area contributed by atoms with E-state index in [0.717, 1.165) is 0 Å². The van der Waals surface area contributed by atoms with Crippen LogP contribution in [0.2, 0.25) is 0 Å². The monoisotopic (exact) mass is 286 g/mol. The van der Waals surface area contributed by atoms with Crippen molar-refractivity contribution in [3.63, 3.8) is 0 Å². The lowest BCUT2D eigenvalue weighted by molar-refractivity contribution is -0.655. The van der Waals surface area contributed by atoms with E-state index < -0.39 is 5.91 Å². The van der Waals surface area contributed by atoms with Gasteiger partial charge in [-0.05, 0) is 18.2 Å². The average molecular weight is 286 g/mol. The van der Waals surface area contributed by atoms with E-state index in [9.17, 15) is 4.79 Å². The summed E-state index contributed by atoms with van der Waals surface area (Å²) in [6.07, 6.45) is 0. The van der Waals surface area contributed by atoms with Gasteiger partial charge in [-0.2, -0.15) is 5.11 Å². The second-order valence-corrected chi connectivity index (χ2v) is 4.22. The van der Waals surface area contributed by atoms with Crippen LogP contribution in [0.15, 0.2) is 52.7 Å². The van der Waals surface area contributed by atoms with Gasteiger partial charge in [-0.3, -0.25) is 10.2 Å². The summed E-state index contributed by atoms with van der Waals surface area (Å²) in [5.41, 5.74) is 14.9. The molecule has 8 nitrogen and oxygen atoms in total. The molecule has 1 amide bonds. The molecule has 0 fully saturated rings. The number of amides is 1. The summed E-state index contributed by atoms with van der Waals surface area (Å²) in [6.45, 7) is -0.0944. The first kappa shape index (κ1) is 14.4. The van der Waals surface area contributed by atoms with Gasteiger partial charge in [0, 0.05) is 6.07 Å². The van der Waals surface area contributed by atoms with E-state index >= 15 is 0 Å². The predicted molar refractivity (Wildman–Crippen MR) is 78.4 cm³/mol. The Kier molecular flexibility index (Phi) is 4.42. The van der Waals surface area contributed by atoms with Gasteiger partial charge < -0.3 is 11.5 Å². The lowest BCUT2D eigenvalue weighted by atomic mass is 10.3. The topological polar surface area (TPSA) is 136 Å². The number of azo groups is 1. The number of anilines is 2. The van der Waals surface area contributed by atoms with Crippen LogP contribution in [0.5, 0.6) is 0 Å². The lowest BCUT2D eigenvalue weighted by Gasteiger charge is -2.07. The number of carbonyl (C=O) groups excluding carboxylic acids is 1. The summed E-state index contributed by atoms with van der Waals surface area (Å²) in [7, 11) is 0. The summed E-state index contributed by atoms with van der Waals surface area (Å²) in [5.74, 6) is 5.20. The minimum Gasteiger partial charge on any atom is -0.319 e. The molecule has 108 valence electrons. The number of nitrogens with one attached hydrogen (secondary N) is 1. The molecule has 2 rings (SSSR count). The van der Waals surface area contributed by atoms with Gasteiger partial charge in [-0.1, -0.05) is 18.2 Å². The zero-order valence-electron chi connectivity index (χ0n) is 11.2. The third kappa shape index (κ3) is 3.51. The molecule has 0 aliphatic rings. The zero-order chi connectivity index (χ0) is 15.2. The average Bonchev–Trinajstić information content (AvgIpc) is 2.51. The number of aromatic nitrogens is 1. The van der Waals surface area contributed by atoms with E-state index in [1.807, 2.05) is 35.8 Å². The zero-order valence-corrected chi connectivity index (χ0v) is 11.2. The van der Waals surface area contributed by atoms with Crippen molar-refractivity contribution in [2.45, 2.75) is 6.54 Å². The number of nitrogens with two attached hydrogens (primary N) is 3. The number of carbonyl (C=O) groups is 1. The van der Waals surface area contributed by atoms with Gasteiger partial charge >= 0.3 is 0 Å². The highest BCUT2D eigenvalue weighted by atomic mass is 16.2. The Morgan fingerprint density at radius 1 is 1.10 bits per heavy atom. The van der Waals surface area contributed by atoms with Crippen LogP contribution < -0.4 is 27.3 Å². The molecule has 0 saturated carbocycles. The molecule has 0 aliphatic carbocycles. The van der Waals surface area contributed by atoms with Crippen molar-refractivity contribution in [2.24, 2.45) is 16.1 Å². The molecular formula is C13H16N7O+.